The van der Waals surface area contributed by atoms with Crippen molar-refractivity contribution in [2.75, 3.05) is 6.61 Å². The summed E-state index contributed by atoms with van der Waals surface area (Å²) in [5, 5.41) is 4.72. The van der Waals surface area contributed by atoms with Crippen LogP contribution in [0.4, 0.5) is 0 Å². The van der Waals surface area contributed by atoms with Gasteiger partial charge in [-0.25, -0.2) is 4.79 Å². The maximum atomic E-state index is 12.7. The Hall–Kier alpha value is -4.52. The van der Waals surface area contributed by atoms with Gasteiger partial charge in [-0.15, -0.1) is 0 Å². The Kier molecular flexibility index (Phi) is 8.16. The number of hydrogen-bond acceptors (Lipinski definition) is 5. The normalized spacial score (nSPS) is 11.2. The van der Waals surface area contributed by atoms with Crippen LogP contribution in [0.15, 0.2) is 66.7 Å². The van der Waals surface area contributed by atoms with Crippen LogP contribution in [-0.2, 0) is 27.4 Å². The largest absolute Gasteiger partial charge is 0.463 e. The zero-order chi connectivity index (χ0) is 27.2. The van der Waals surface area contributed by atoms with Crippen LogP contribution < -0.4 is 5.32 Å². The number of Topliss-reactive ketones (excluding diaryl/α,β-unsaturated/α-hetero) is 2. The predicted molar refractivity (Wildman–Crippen MR) is 148 cm³/mol. The van der Waals surface area contributed by atoms with Crippen molar-refractivity contribution in [3.63, 3.8) is 0 Å². The number of esters is 1. The molecule has 0 aliphatic carbocycles. The molecule has 194 valence electrons. The molecule has 7 nitrogen and oxygen atoms in total. The molecule has 1 amide bonds. The van der Waals surface area contributed by atoms with E-state index in [0.29, 0.717) is 30.8 Å². The number of fused-ring (bicyclic) bond motifs is 3. The molecule has 0 bridgehead atoms. The number of carbonyl (C=O) groups is 4. The Morgan fingerprint density at radius 2 is 1.42 bits per heavy atom. The van der Waals surface area contributed by atoms with Crippen molar-refractivity contribution in [2.45, 2.75) is 40.3 Å². The van der Waals surface area contributed by atoms with Gasteiger partial charge in [0.25, 0.3) is 0 Å². The van der Waals surface area contributed by atoms with E-state index >= 15 is 0 Å². The number of benzene rings is 3. The second-order valence-corrected chi connectivity index (χ2v) is 9.08. The third-order valence-electron chi connectivity index (χ3n) is 6.41. The monoisotopic (exact) mass is 510 g/mol. The average Bonchev–Trinajstić information content (AvgIpc) is 3.22. The van der Waals surface area contributed by atoms with E-state index < -0.39 is 0 Å². The molecular formula is C31H30N2O5. The third kappa shape index (κ3) is 6.06. The molecule has 4 rings (SSSR count). The van der Waals surface area contributed by atoms with Gasteiger partial charge in [0.15, 0.2) is 11.6 Å². The van der Waals surface area contributed by atoms with Crippen molar-refractivity contribution in [2.24, 2.45) is 0 Å². The van der Waals surface area contributed by atoms with Gasteiger partial charge in [0.2, 0.25) is 5.91 Å². The fourth-order valence-electron chi connectivity index (χ4n) is 4.39. The van der Waals surface area contributed by atoms with Crippen LogP contribution in [0.2, 0.25) is 0 Å². The SMILES string of the molecule is CCOC(=O)/C=C/c1ccc(CNC(=O)CCn2c3ccc(C(C)=O)cc3c3cc(C(C)=O)ccc32)cc1. The predicted octanol–water partition coefficient (Wildman–Crippen LogP) is 5.48. The summed E-state index contributed by atoms with van der Waals surface area (Å²) < 4.78 is 6.93. The van der Waals surface area contributed by atoms with Crippen LogP contribution in [0.1, 0.15) is 59.0 Å². The average molecular weight is 511 g/mol. The molecule has 1 aromatic heterocycles. The molecule has 0 saturated carbocycles. The highest BCUT2D eigenvalue weighted by molar-refractivity contribution is 6.12. The van der Waals surface area contributed by atoms with Crippen molar-refractivity contribution >= 4 is 51.3 Å². The molecule has 0 atom stereocenters. The van der Waals surface area contributed by atoms with E-state index in [1.54, 1.807) is 25.1 Å². The summed E-state index contributed by atoms with van der Waals surface area (Å²) in [6, 6.07) is 18.6. The van der Waals surface area contributed by atoms with E-state index in [1.807, 2.05) is 48.5 Å². The lowest BCUT2D eigenvalue weighted by atomic mass is 10.0. The van der Waals surface area contributed by atoms with E-state index in [0.717, 1.165) is 32.9 Å². The summed E-state index contributed by atoms with van der Waals surface area (Å²) in [6.07, 6.45) is 3.34. The second-order valence-electron chi connectivity index (χ2n) is 9.08. The first-order chi connectivity index (χ1) is 18.3. The molecule has 0 fully saturated rings. The molecule has 0 aliphatic heterocycles. The Bertz CT molecular complexity index is 1490. The molecule has 0 spiro atoms. The second kappa shape index (κ2) is 11.7. The number of nitrogens with one attached hydrogen (secondary N) is 1. The Morgan fingerprint density at radius 1 is 0.842 bits per heavy atom. The van der Waals surface area contributed by atoms with Crippen LogP contribution in [-0.4, -0.2) is 34.6 Å². The summed E-state index contributed by atoms with van der Waals surface area (Å²) in [5.41, 5.74) is 4.82. The zero-order valence-electron chi connectivity index (χ0n) is 21.7. The van der Waals surface area contributed by atoms with Crippen molar-refractivity contribution in [3.05, 3.63) is 89.0 Å². The first-order valence-corrected chi connectivity index (χ1v) is 12.5. The highest BCUT2D eigenvalue weighted by Crippen LogP contribution is 2.31. The molecule has 1 heterocycles. The minimum atomic E-state index is -0.384. The first-order valence-electron chi connectivity index (χ1n) is 12.5. The Morgan fingerprint density at radius 3 is 1.95 bits per heavy atom. The van der Waals surface area contributed by atoms with Crippen LogP contribution in [0.5, 0.6) is 0 Å². The van der Waals surface area contributed by atoms with Gasteiger partial charge in [-0.2, -0.15) is 0 Å². The number of nitrogens with zero attached hydrogens (tertiary/aromatic N) is 1. The van der Waals surface area contributed by atoms with Gasteiger partial charge in [-0.3, -0.25) is 14.4 Å². The summed E-state index contributed by atoms with van der Waals surface area (Å²) in [6.45, 7) is 5.98. The van der Waals surface area contributed by atoms with Gasteiger partial charge in [-0.05, 0) is 74.4 Å². The number of ether oxygens (including phenoxy) is 1. The van der Waals surface area contributed by atoms with Gasteiger partial charge in [-0.1, -0.05) is 24.3 Å². The van der Waals surface area contributed by atoms with Crippen LogP contribution in [0, 0.1) is 0 Å². The van der Waals surface area contributed by atoms with Gasteiger partial charge in [0.1, 0.15) is 0 Å². The van der Waals surface area contributed by atoms with E-state index in [-0.39, 0.29) is 29.9 Å². The van der Waals surface area contributed by atoms with Crippen molar-refractivity contribution in [3.8, 4) is 0 Å². The number of carbonyl (C=O) groups excluding carboxylic acids is 4. The molecule has 0 aliphatic rings. The summed E-state index contributed by atoms with van der Waals surface area (Å²) in [4.78, 5) is 48.1. The Balaban J connectivity index is 1.46. The molecule has 3 aromatic carbocycles. The fraction of sp³-hybridized carbons (Fsp3) is 0.226. The van der Waals surface area contributed by atoms with E-state index in [1.165, 1.54) is 19.9 Å². The molecule has 0 unspecified atom stereocenters. The molecule has 1 N–H and O–H groups in total. The lowest BCUT2D eigenvalue weighted by Crippen LogP contribution is -2.23. The van der Waals surface area contributed by atoms with E-state index in [2.05, 4.69) is 9.88 Å². The quantitative estimate of drug-likeness (QED) is 0.173. The highest BCUT2D eigenvalue weighted by Gasteiger charge is 2.15. The van der Waals surface area contributed by atoms with Crippen molar-refractivity contribution in [1.29, 1.82) is 0 Å². The molecule has 0 radical (unpaired) electrons. The van der Waals surface area contributed by atoms with E-state index in [9.17, 15) is 19.2 Å². The first kappa shape index (κ1) is 26.5. The van der Waals surface area contributed by atoms with Crippen LogP contribution in [0.25, 0.3) is 27.9 Å². The van der Waals surface area contributed by atoms with Crippen molar-refractivity contribution in [1.82, 2.24) is 9.88 Å². The minimum absolute atomic E-state index is 0.0297. The molecule has 38 heavy (non-hydrogen) atoms. The highest BCUT2D eigenvalue weighted by atomic mass is 16.5. The number of ketones is 2. The minimum Gasteiger partial charge on any atom is -0.463 e. The Labute approximate surface area is 221 Å². The number of amides is 1. The standard InChI is InChI=1S/C31H30N2O5/c1-4-38-31(37)14-9-22-5-7-23(8-6-22)19-32-30(36)15-16-33-28-12-10-24(20(2)34)17-26(28)27-18-25(21(3)35)11-13-29(27)33/h5-14,17-18H,4,15-16,19H2,1-3H3,(H,32,36)/b14-9+. The van der Waals surface area contributed by atoms with Gasteiger partial charge < -0.3 is 14.6 Å². The maximum absolute atomic E-state index is 12.7. The van der Waals surface area contributed by atoms with Gasteiger partial charge in [0, 0.05) is 58.5 Å². The van der Waals surface area contributed by atoms with Crippen LogP contribution in [0.3, 0.4) is 0 Å². The number of aryl methyl sites for hydroxylation is 1. The van der Waals surface area contributed by atoms with Crippen LogP contribution >= 0.6 is 0 Å². The smallest absolute Gasteiger partial charge is 0.330 e. The molecule has 7 heteroatoms. The number of aromatic nitrogens is 1. The summed E-state index contributed by atoms with van der Waals surface area (Å²) >= 11 is 0. The molecule has 4 aromatic rings. The summed E-state index contributed by atoms with van der Waals surface area (Å²) in [5.74, 6) is -0.534. The summed E-state index contributed by atoms with van der Waals surface area (Å²) in [7, 11) is 0. The lowest BCUT2D eigenvalue weighted by Gasteiger charge is -2.09. The van der Waals surface area contributed by atoms with E-state index in [4.69, 9.17) is 4.74 Å². The molecular weight excluding hydrogens is 480 g/mol. The molecule has 0 saturated heterocycles. The third-order valence-corrected chi connectivity index (χ3v) is 6.41. The lowest BCUT2D eigenvalue weighted by molar-refractivity contribution is -0.137. The van der Waals surface area contributed by atoms with Crippen molar-refractivity contribution < 1.29 is 23.9 Å². The topological polar surface area (TPSA) is 94.5 Å². The maximum Gasteiger partial charge on any atom is 0.330 e. The number of rotatable bonds is 10. The van der Waals surface area contributed by atoms with Gasteiger partial charge >= 0.3 is 5.97 Å². The number of hydrogen-bond donors (Lipinski definition) is 1. The zero-order valence-corrected chi connectivity index (χ0v) is 21.7. The van der Waals surface area contributed by atoms with Gasteiger partial charge in [0.05, 0.1) is 6.61 Å². The fourth-order valence-corrected chi connectivity index (χ4v) is 4.39.